The van der Waals surface area contributed by atoms with E-state index in [1.807, 2.05) is 0 Å². The molecule has 124 valence electrons. The molecule has 1 aliphatic rings. The first-order valence-electron chi connectivity index (χ1n) is 8.96. The Labute approximate surface area is 144 Å². The third-order valence-corrected chi connectivity index (χ3v) is 5.36. The predicted molar refractivity (Wildman–Crippen MR) is 102 cm³/mol. The molecule has 2 nitrogen and oxygen atoms in total. The van der Waals surface area contributed by atoms with Crippen LogP contribution in [0.3, 0.4) is 0 Å². The van der Waals surface area contributed by atoms with Crippen molar-refractivity contribution in [1.29, 1.82) is 0 Å². The van der Waals surface area contributed by atoms with Gasteiger partial charge in [-0.1, -0.05) is 54.3 Å². The zero-order valence-electron chi connectivity index (χ0n) is 14.8. The van der Waals surface area contributed by atoms with Gasteiger partial charge in [-0.05, 0) is 44.4 Å². The maximum Gasteiger partial charge on any atom is 0.204 e. The molecule has 0 N–H and O–H groups in total. The van der Waals surface area contributed by atoms with Crippen LogP contribution in [0.2, 0.25) is 0 Å². The summed E-state index contributed by atoms with van der Waals surface area (Å²) in [6, 6.07) is 15.9. The first kappa shape index (κ1) is 15.3. The van der Waals surface area contributed by atoms with Crippen molar-refractivity contribution in [2.45, 2.75) is 45.6 Å². The van der Waals surface area contributed by atoms with Crippen LogP contribution >= 0.6 is 0 Å². The summed E-state index contributed by atoms with van der Waals surface area (Å²) in [5.74, 6) is 1.02. The Bertz CT molecular complexity index is 854. The number of furan rings is 1. The smallest absolute Gasteiger partial charge is 0.204 e. The Morgan fingerprint density at radius 2 is 1.58 bits per heavy atom. The minimum Gasteiger partial charge on any atom is -0.440 e. The molecule has 4 rings (SSSR count). The third kappa shape index (κ3) is 2.60. The van der Waals surface area contributed by atoms with E-state index < -0.39 is 0 Å². The summed E-state index contributed by atoms with van der Waals surface area (Å²) in [6.45, 7) is 4.28. The summed E-state index contributed by atoms with van der Waals surface area (Å²) >= 11 is 0. The lowest BCUT2D eigenvalue weighted by Gasteiger charge is -2.25. The van der Waals surface area contributed by atoms with Gasteiger partial charge in [0.25, 0.3) is 0 Å². The van der Waals surface area contributed by atoms with Crippen molar-refractivity contribution in [1.82, 2.24) is 0 Å². The highest BCUT2D eigenvalue weighted by atomic mass is 16.4. The molecule has 0 atom stereocenters. The fraction of sp³-hybridized carbons (Fsp3) is 0.364. The van der Waals surface area contributed by atoms with Crippen LogP contribution in [0.5, 0.6) is 0 Å². The molecule has 0 amide bonds. The highest BCUT2D eigenvalue weighted by Crippen LogP contribution is 2.42. The summed E-state index contributed by atoms with van der Waals surface area (Å²) in [6.07, 6.45) is 5.18. The van der Waals surface area contributed by atoms with Gasteiger partial charge in [-0.3, -0.25) is 0 Å². The normalized spacial score (nSPS) is 15.3. The van der Waals surface area contributed by atoms with Crippen LogP contribution in [-0.4, -0.2) is 13.1 Å². The lowest BCUT2D eigenvalue weighted by molar-refractivity contribution is 0.551. The van der Waals surface area contributed by atoms with Crippen molar-refractivity contribution in [3.63, 3.8) is 0 Å². The Morgan fingerprint density at radius 3 is 2.29 bits per heavy atom. The number of rotatable bonds is 3. The quantitative estimate of drug-likeness (QED) is 0.580. The number of fused-ring (bicyclic) bond motifs is 1. The highest BCUT2D eigenvalue weighted by Gasteiger charge is 2.26. The Hall–Kier alpha value is -2.22. The predicted octanol–water partition coefficient (Wildman–Crippen LogP) is 6.10. The van der Waals surface area contributed by atoms with Gasteiger partial charge in [-0.15, -0.1) is 0 Å². The molecule has 0 bridgehead atoms. The second-order valence-electron chi connectivity index (χ2n) is 7.20. The lowest BCUT2D eigenvalue weighted by atomic mass is 10.0. The topological polar surface area (TPSA) is 16.4 Å². The van der Waals surface area contributed by atoms with Crippen LogP contribution in [0.1, 0.15) is 36.8 Å². The van der Waals surface area contributed by atoms with Gasteiger partial charge in [0.2, 0.25) is 5.88 Å². The molecule has 1 saturated carbocycles. The van der Waals surface area contributed by atoms with Gasteiger partial charge < -0.3 is 9.32 Å². The number of hydrogen-bond donors (Lipinski definition) is 0. The molecule has 0 spiro atoms. The van der Waals surface area contributed by atoms with Gasteiger partial charge in [-0.2, -0.15) is 0 Å². The molecule has 1 aromatic heterocycles. The van der Waals surface area contributed by atoms with E-state index in [1.54, 1.807) is 0 Å². The van der Waals surface area contributed by atoms with Crippen LogP contribution in [-0.2, 0) is 0 Å². The Balaban J connectivity index is 1.91. The first-order chi connectivity index (χ1) is 11.6. The second kappa shape index (κ2) is 6.01. The molecule has 0 radical (unpaired) electrons. The van der Waals surface area contributed by atoms with Crippen LogP contribution in [0.4, 0.5) is 5.88 Å². The fourth-order valence-electron chi connectivity index (χ4n) is 3.90. The summed E-state index contributed by atoms with van der Waals surface area (Å²) in [5, 5.41) is 1.22. The maximum absolute atomic E-state index is 6.34. The highest BCUT2D eigenvalue weighted by molar-refractivity contribution is 6.00. The summed E-state index contributed by atoms with van der Waals surface area (Å²) in [7, 11) is 2.19. The number of hydrogen-bond acceptors (Lipinski definition) is 2. The lowest BCUT2D eigenvalue weighted by Crippen LogP contribution is -2.28. The van der Waals surface area contributed by atoms with E-state index in [0.717, 1.165) is 11.5 Å². The van der Waals surface area contributed by atoms with Crippen LogP contribution in [0.25, 0.3) is 22.1 Å². The molecule has 24 heavy (non-hydrogen) atoms. The van der Waals surface area contributed by atoms with E-state index in [4.69, 9.17) is 4.42 Å². The molecule has 1 aliphatic carbocycles. The summed E-state index contributed by atoms with van der Waals surface area (Å²) < 4.78 is 6.34. The molecule has 2 aromatic carbocycles. The van der Waals surface area contributed by atoms with Crippen LogP contribution in [0, 0.1) is 13.8 Å². The van der Waals surface area contributed by atoms with Crippen molar-refractivity contribution < 1.29 is 4.42 Å². The molecule has 1 heterocycles. The van der Waals surface area contributed by atoms with Gasteiger partial charge in [0.15, 0.2) is 0 Å². The van der Waals surface area contributed by atoms with E-state index >= 15 is 0 Å². The Kier molecular flexibility index (Phi) is 3.84. The molecular formula is C22H25NO. The first-order valence-corrected chi connectivity index (χ1v) is 8.96. The van der Waals surface area contributed by atoms with Crippen molar-refractivity contribution in [2.75, 3.05) is 11.9 Å². The summed E-state index contributed by atoms with van der Waals surface area (Å²) in [4.78, 5) is 2.37. The van der Waals surface area contributed by atoms with Gasteiger partial charge in [0.05, 0.1) is 5.56 Å². The molecule has 0 aliphatic heterocycles. The van der Waals surface area contributed by atoms with Crippen LogP contribution in [0.15, 0.2) is 46.9 Å². The number of anilines is 1. The van der Waals surface area contributed by atoms with Crippen molar-refractivity contribution in [3.8, 4) is 11.1 Å². The standard InChI is InChI=1S/C22H25NO/c1-15-8-11-17(12-9-15)21-19-14-16(2)10-13-20(19)24-22(21)23(3)18-6-4-5-7-18/h8-14,18H,4-7H2,1-3H3. The minimum atomic E-state index is 0.593. The molecule has 3 aromatic rings. The largest absolute Gasteiger partial charge is 0.440 e. The zero-order chi connectivity index (χ0) is 16.7. The van der Waals surface area contributed by atoms with E-state index in [1.165, 1.54) is 53.3 Å². The van der Waals surface area contributed by atoms with Gasteiger partial charge in [0.1, 0.15) is 5.58 Å². The van der Waals surface area contributed by atoms with E-state index in [9.17, 15) is 0 Å². The van der Waals surface area contributed by atoms with Crippen LogP contribution < -0.4 is 4.90 Å². The van der Waals surface area contributed by atoms with Gasteiger partial charge in [0, 0.05) is 18.5 Å². The summed E-state index contributed by atoms with van der Waals surface area (Å²) in [5.41, 5.74) is 6.02. The van der Waals surface area contributed by atoms with Gasteiger partial charge in [-0.25, -0.2) is 0 Å². The Morgan fingerprint density at radius 1 is 0.917 bits per heavy atom. The number of benzene rings is 2. The van der Waals surface area contributed by atoms with E-state index in [-0.39, 0.29) is 0 Å². The van der Waals surface area contributed by atoms with Crippen molar-refractivity contribution in [3.05, 3.63) is 53.6 Å². The molecular weight excluding hydrogens is 294 g/mol. The maximum atomic E-state index is 6.34. The zero-order valence-corrected chi connectivity index (χ0v) is 14.8. The van der Waals surface area contributed by atoms with E-state index in [0.29, 0.717) is 6.04 Å². The van der Waals surface area contributed by atoms with Crippen molar-refractivity contribution >= 4 is 16.9 Å². The van der Waals surface area contributed by atoms with Crippen molar-refractivity contribution in [2.24, 2.45) is 0 Å². The molecule has 0 saturated heterocycles. The minimum absolute atomic E-state index is 0.593. The number of nitrogens with zero attached hydrogens (tertiary/aromatic N) is 1. The van der Waals surface area contributed by atoms with E-state index in [2.05, 4.69) is 68.3 Å². The fourth-order valence-corrected chi connectivity index (χ4v) is 3.90. The number of aryl methyl sites for hydroxylation is 2. The van der Waals surface area contributed by atoms with Gasteiger partial charge >= 0.3 is 0 Å². The third-order valence-electron chi connectivity index (χ3n) is 5.36. The average molecular weight is 319 g/mol. The monoisotopic (exact) mass is 319 g/mol. The molecule has 1 fully saturated rings. The second-order valence-corrected chi connectivity index (χ2v) is 7.20. The SMILES string of the molecule is Cc1ccc(-c2c(N(C)C3CCCC3)oc3ccc(C)cc23)cc1. The average Bonchev–Trinajstić information content (AvgIpc) is 3.22. The molecule has 2 heteroatoms. The molecule has 0 unspecified atom stereocenters.